The number of aromatic nitrogens is 1. The number of nitrogens with zero attached hydrogens (tertiary/aromatic N) is 2. The van der Waals surface area contributed by atoms with Crippen molar-refractivity contribution in [1.82, 2.24) is 4.98 Å². The van der Waals surface area contributed by atoms with Crippen LogP contribution in [0.15, 0.2) is 12.3 Å². The van der Waals surface area contributed by atoms with E-state index >= 15 is 0 Å². The molecule has 0 atom stereocenters. The van der Waals surface area contributed by atoms with Crippen LogP contribution in [0.2, 0.25) is 5.02 Å². The topological polar surface area (TPSA) is 16.1 Å². The zero-order valence-electron chi connectivity index (χ0n) is 11.0. The highest BCUT2D eigenvalue weighted by molar-refractivity contribution is 6.33. The Labute approximate surface area is 119 Å². The highest BCUT2D eigenvalue weighted by Crippen LogP contribution is 2.33. The number of pyridine rings is 1. The van der Waals surface area contributed by atoms with Crippen molar-refractivity contribution in [3.8, 4) is 0 Å². The van der Waals surface area contributed by atoms with Gasteiger partial charge in [0.2, 0.25) is 0 Å². The predicted molar refractivity (Wildman–Crippen MR) is 78.6 cm³/mol. The van der Waals surface area contributed by atoms with Crippen molar-refractivity contribution >= 4 is 29.0 Å². The molecule has 2 heterocycles. The smallest absolute Gasteiger partial charge is 0.147 e. The summed E-state index contributed by atoms with van der Waals surface area (Å²) in [5.41, 5.74) is 1.40. The Balaban J connectivity index is 2.16. The molecule has 0 unspecified atom stereocenters. The minimum absolute atomic E-state index is 0.428. The summed E-state index contributed by atoms with van der Waals surface area (Å²) in [6, 6.07) is 1.92. The van der Waals surface area contributed by atoms with Crippen molar-refractivity contribution in [3.05, 3.63) is 22.8 Å². The van der Waals surface area contributed by atoms with Gasteiger partial charge in [-0.1, -0.05) is 25.4 Å². The number of rotatable bonds is 2. The Morgan fingerprint density at radius 2 is 2.11 bits per heavy atom. The van der Waals surface area contributed by atoms with Gasteiger partial charge in [0.05, 0.1) is 5.02 Å². The van der Waals surface area contributed by atoms with Crippen molar-refractivity contribution in [2.24, 2.45) is 5.41 Å². The minimum atomic E-state index is 0.428. The van der Waals surface area contributed by atoms with Crippen LogP contribution in [0.1, 0.15) is 38.7 Å². The fraction of sp³-hybridized carbons (Fsp3) is 0.643. The number of hydrogen-bond acceptors (Lipinski definition) is 2. The predicted octanol–water partition coefficient (Wildman–Crippen LogP) is 4.49. The SMILES string of the molecule is CC1(C)CCCN(c2ncc(CCl)cc2Cl)CC1. The van der Waals surface area contributed by atoms with Crippen LogP contribution in [-0.4, -0.2) is 18.1 Å². The number of alkyl halides is 1. The monoisotopic (exact) mass is 286 g/mol. The van der Waals surface area contributed by atoms with E-state index in [1.54, 1.807) is 0 Å². The molecule has 1 aliphatic heterocycles. The van der Waals surface area contributed by atoms with E-state index in [9.17, 15) is 0 Å². The molecule has 18 heavy (non-hydrogen) atoms. The first kappa shape index (κ1) is 14.0. The molecule has 1 aliphatic rings. The molecule has 0 spiro atoms. The van der Waals surface area contributed by atoms with E-state index in [0.717, 1.165) is 24.5 Å². The molecule has 1 aromatic heterocycles. The lowest BCUT2D eigenvalue weighted by Gasteiger charge is -2.24. The highest BCUT2D eigenvalue weighted by atomic mass is 35.5. The van der Waals surface area contributed by atoms with Gasteiger partial charge in [0.25, 0.3) is 0 Å². The molecule has 0 N–H and O–H groups in total. The van der Waals surface area contributed by atoms with Gasteiger partial charge in [-0.15, -0.1) is 11.6 Å². The summed E-state index contributed by atoms with van der Waals surface area (Å²) in [5.74, 6) is 1.36. The summed E-state index contributed by atoms with van der Waals surface area (Å²) in [5, 5.41) is 0.716. The molecule has 0 radical (unpaired) electrons. The quantitative estimate of drug-likeness (QED) is 0.745. The van der Waals surface area contributed by atoms with E-state index < -0.39 is 0 Å². The van der Waals surface area contributed by atoms with E-state index in [1.807, 2.05) is 12.3 Å². The van der Waals surface area contributed by atoms with Crippen molar-refractivity contribution in [2.75, 3.05) is 18.0 Å². The molecular weight excluding hydrogens is 267 g/mol. The van der Waals surface area contributed by atoms with Gasteiger partial charge in [0.1, 0.15) is 5.82 Å². The van der Waals surface area contributed by atoms with Crippen LogP contribution in [0.3, 0.4) is 0 Å². The van der Waals surface area contributed by atoms with Gasteiger partial charge in [-0.25, -0.2) is 4.98 Å². The van der Waals surface area contributed by atoms with Crippen LogP contribution in [0.4, 0.5) is 5.82 Å². The van der Waals surface area contributed by atoms with E-state index in [0.29, 0.717) is 16.3 Å². The van der Waals surface area contributed by atoms with Crippen LogP contribution in [0.5, 0.6) is 0 Å². The lowest BCUT2D eigenvalue weighted by molar-refractivity contribution is 0.325. The summed E-state index contributed by atoms with van der Waals surface area (Å²) >= 11 is 12.1. The maximum absolute atomic E-state index is 6.30. The summed E-state index contributed by atoms with van der Waals surface area (Å²) in [7, 11) is 0. The number of halogens is 2. The molecule has 0 aromatic carbocycles. The first-order valence-corrected chi connectivity index (χ1v) is 7.38. The molecule has 4 heteroatoms. The lowest BCUT2D eigenvalue weighted by Crippen LogP contribution is -2.26. The zero-order chi connectivity index (χ0) is 13.2. The molecule has 1 saturated heterocycles. The van der Waals surface area contributed by atoms with Gasteiger partial charge in [-0.3, -0.25) is 0 Å². The Morgan fingerprint density at radius 3 is 2.78 bits per heavy atom. The first-order valence-electron chi connectivity index (χ1n) is 6.47. The summed E-state index contributed by atoms with van der Waals surface area (Å²) in [6.45, 7) is 6.74. The maximum atomic E-state index is 6.30. The number of hydrogen-bond donors (Lipinski definition) is 0. The summed E-state index contributed by atoms with van der Waals surface area (Å²) in [6.07, 6.45) is 5.47. The van der Waals surface area contributed by atoms with E-state index in [2.05, 4.69) is 23.7 Å². The van der Waals surface area contributed by atoms with Gasteiger partial charge in [-0.2, -0.15) is 0 Å². The van der Waals surface area contributed by atoms with Crippen LogP contribution in [0.25, 0.3) is 0 Å². The van der Waals surface area contributed by atoms with Crippen molar-refractivity contribution in [3.63, 3.8) is 0 Å². The van der Waals surface area contributed by atoms with Crippen molar-refractivity contribution in [2.45, 2.75) is 39.0 Å². The Kier molecular flexibility index (Phi) is 4.39. The Bertz CT molecular complexity index is 418. The van der Waals surface area contributed by atoms with Gasteiger partial charge in [-0.05, 0) is 36.3 Å². The summed E-state index contributed by atoms with van der Waals surface area (Å²) < 4.78 is 0. The minimum Gasteiger partial charge on any atom is -0.355 e. The second-order valence-corrected chi connectivity index (χ2v) is 6.46. The molecule has 0 saturated carbocycles. The lowest BCUT2D eigenvalue weighted by atomic mass is 9.85. The van der Waals surface area contributed by atoms with E-state index in [4.69, 9.17) is 23.2 Å². The molecular formula is C14H20Cl2N2. The fourth-order valence-electron chi connectivity index (χ4n) is 2.41. The van der Waals surface area contributed by atoms with Crippen molar-refractivity contribution < 1.29 is 0 Å². The first-order chi connectivity index (χ1) is 8.52. The van der Waals surface area contributed by atoms with Crippen LogP contribution < -0.4 is 4.90 Å². The third-order valence-electron chi connectivity index (χ3n) is 3.67. The van der Waals surface area contributed by atoms with Gasteiger partial charge in [0, 0.05) is 25.2 Å². The molecule has 0 bridgehead atoms. The van der Waals surface area contributed by atoms with Crippen LogP contribution in [0, 0.1) is 5.41 Å². The molecule has 2 nitrogen and oxygen atoms in total. The molecule has 100 valence electrons. The average Bonchev–Trinajstić information content (AvgIpc) is 2.50. The molecule has 2 rings (SSSR count). The number of anilines is 1. The highest BCUT2D eigenvalue weighted by Gasteiger charge is 2.24. The maximum Gasteiger partial charge on any atom is 0.147 e. The molecule has 0 amide bonds. The molecule has 0 aliphatic carbocycles. The largest absolute Gasteiger partial charge is 0.355 e. The Morgan fingerprint density at radius 1 is 1.33 bits per heavy atom. The van der Waals surface area contributed by atoms with Crippen LogP contribution in [-0.2, 0) is 5.88 Å². The van der Waals surface area contributed by atoms with Gasteiger partial charge >= 0.3 is 0 Å². The normalized spacial score (nSPS) is 19.7. The Hall–Kier alpha value is -0.470. The molecule has 1 aromatic rings. The molecule has 1 fully saturated rings. The average molecular weight is 287 g/mol. The van der Waals surface area contributed by atoms with E-state index in [-0.39, 0.29) is 0 Å². The van der Waals surface area contributed by atoms with Crippen molar-refractivity contribution in [1.29, 1.82) is 0 Å². The zero-order valence-corrected chi connectivity index (χ0v) is 12.6. The summed E-state index contributed by atoms with van der Waals surface area (Å²) in [4.78, 5) is 6.77. The third-order valence-corrected chi connectivity index (χ3v) is 4.26. The third kappa shape index (κ3) is 3.30. The second-order valence-electron chi connectivity index (χ2n) is 5.79. The second kappa shape index (κ2) is 5.66. The standard InChI is InChI=1S/C14H20Cl2N2/c1-14(2)4-3-6-18(7-5-14)13-12(16)8-11(9-15)10-17-13/h8,10H,3-7,9H2,1-2H3. The van der Waals surface area contributed by atoms with E-state index in [1.165, 1.54) is 19.3 Å². The van der Waals surface area contributed by atoms with Gasteiger partial charge in [0.15, 0.2) is 0 Å². The fourth-order valence-corrected chi connectivity index (χ4v) is 2.87. The van der Waals surface area contributed by atoms with Gasteiger partial charge < -0.3 is 4.90 Å². The van der Waals surface area contributed by atoms with Crippen LogP contribution >= 0.6 is 23.2 Å².